The van der Waals surface area contributed by atoms with Gasteiger partial charge in [-0.25, -0.2) is 0 Å². The molecule has 0 spiro atoms. The molecular formula is C15H22N2O3S. The Morgan fingerprint density at radius 1 is 1.43 bits per heavy atom. The van der Waals surface area contributed by atoms with Crippen LogP contribution in [-0.2, 0) is 15.6 Å². The van der Waals surface area contributed by atoms with Crippen molar-refractivity contribution in [2.24, 2.45) is 0 Å². The number of benzene rings is 1. The van der Waals surface area contributed by atoms with Gasteiger partial charge in [0.1, 0.15) is 11.9 Å². The number of rotatable bonds is 6. The standard InChI is InChI=1S/C15H22N2O3S/c1-4-20-13-7-5-12(6-8-13)15-16-9-14(18)17(15)10-11(2)21(3)19/h5-8,11,15-16H,4,9-10H2,1-3H3. The number of hydrogen-bond acceptors (Lipinski definition) is 4. The van der Waals surface area contributed by atoms with Crippen LogP contribution in [0.2, 0.25) is 0 Å². The molecular weight excluding hydrogens is 288 g/mol. The van der Waals surface area contributed by atoms with Gasteiger partial charge in [0.2, 0.25) is 5.91 Å². The first-order valence-corrected chi connectivity index (χ1v) is 8.73. The fourth-order valence-corrected chi connectivity index (χ4v) is 2.71. The summed E-state index contributed by atoms with van der Waals surface area (Å²) < 4.78 is 17.0. The van der Waals surface area contributed by atoms with Crippen LogP contribution in [-0.4, -0.2) is 46.2 Å². The highest BCUT2D eigenvalue weighted by Gasteiger charge is 2.32. The number of amides is 1. The van der Waals surface area contributed by atoms with Gasteiger partial charge in [-0.05, 0) is 31.5 Å². The summed E-state index contributed by atoms with van der Waals surface area (Å²) in [4.78, 5) is 13.8. The lowest BCUT2D eigenvalue weighted by atomic mass is 10.1. The molecule has 0 saturated carbocycles. The molecule has 1 fully saturated rings. The Morgan fingerprint density at radius 2 is 2.10 bits per heavy atom. The predicted molar refractivity (Wildman–Crippen MR) is 83.6 cm³/mol. The second kappa shape index (κ2) is 7.04. The Kier molecular flexibility index (Phi) is 5.36. The monoisotopic (exact) mass is 310 g/mol. The van der Waals surface area contributed by atoms with Crippen LogP contribution in [0.15, 0.2) is 24.3 Å². The molecule has 1 N–H and O–H groups in total. The smallest absolute Gasteiger partial charge is 0.238 e. The molecule has 3 atom stereocenters. The molecule has 1 aromatic carbocycles. The van der Waals surface area contributed by atoms with Crippen LogP contribution in [0, 0.1) is 0 Å². The van der Waals surface area contributed by atoms with Crippen LogP contribution in [0.4, 0.5) is 0 Å². The zero-order valence-electron chi connectivity index (χ0n) is 12.7. The van der Waals surface area contributed by atoms with E-state index in [0.717, 1.165) is 11.3 Å². The topological polar surface area (TPSA) is 58.6 Å². The zero-order valence-corrected chi connectivity index (χ0v) is 13.5. The fourth-order valence-electron chi connectivity index (χ4n) is 2.34. The number of carbonyl (C=O) groups is 1. The van der Waals surface area contributed by atoms with E-state index >= 15 is 0 Å². The largest absolute Gasteiger partial charge is 0.494 e. The summed E-state index contributed by atoms with van der Waals surface area (Å²) in [5.41, 5.74) is 1.01. The van der Waals surface area contributed by atoms with Gasteiger partial charge in [-0.3, -0.25) is 14.3 Å². The van der Waals surface area contributed by atoms with Crippen LogP contribution in [0.5, 0.6) is 5.75 Å². The lowest BCUT2D eigenvalue weighted by Gasteiger charge is -2.27. The van der Waals surface area contributed by atoms with Crippen molar-refractivity contribution in [1.82, 2.24) is 10.2 Å². The fraction of sp³-hybridized carbons (Fsp3) is 0.533. The van der Waals surface area contributed by atoms with Gasteiger partial charge in [0.15, 0.2) is 0 Å². The van der Waals surface area contributed by atoms with Gasteiger partial charge in [0.05, 0.1) is 13.2 Å². The minimum atomic E-state index is -0.941. The van der Waals surface area contributed by atoms with E-state index in [1.54, 1.807) is 11.2 Å². The normalized spacial score (nSPS) is 21.4. The van der Waals surface area contributed by atoms with Crippen molar-refractivity contribution in [3.8, 4) is 5.75 Å². The van der Waals surface area contributed by atoms with E-state index in [1.807, 2.05) is 38.1 Å². The molecule has 1 aromatic rings. The van der Waals surface area contributed by atoms with Crippen molar-refractivity contribution in [3.63, 3.8) is 0 Å². The molecule has 2 rings (SSSR count). The van der Waals surface area contributed by atoms with Crippen LogP contribution < -0.4 is 10.1 Å². The molecule has 0 aliphatic carbocycles. The molecule has 1 amide bonds. The molecule has 0 bridgehead atoms. The van der Waals surface area contributed by atoms with Gasteiger partial charge in [-0.2, -0.15) is 0 Å². The second-order valence-electron chi connectivity index (χ2n) is 5.14. The van der Waals surface area contributed by atoms with E-state index in [2.05, 4.69) is 5.32 Å². The maximum Gasteiger partial charge on any atom is 0.238 e. The van der Waals surface area contributed by atoms with E-state index in [4.69, 9.17) is 4.74 Å². The lowest BCUT2D eigenvalue weighted by Crippen LogP contribution is -2.37. The Morgan fingerprint density at radius 3 is 2.67 bits per heavy atom. The first-order chi connectivity index (χ1) is 10.0. The highest BCUT2D eigenvalue weighted by molar-refractivity contribution is 7.84. The average molecular weight is 310 g/mol. The van der Waals surface area contributed by atoms with Gasteiger partial charge < -0.3 is 9.64 Å². The number of nitrogens with zero attached hydrogens (tertiary/aromatic N) is 1. The highest BCUT2D eigenvalue weighted by atomic mass is 32.2. The summed E-state index contributed by atoms with van der Waals surface area (Å²) in [5.74, 6) is 0.867. The van der Waals surface area contributed by atoms with E-state index < -0.39 is 10.8 Å². The van der Waals surface area contributed by atoms with Crippen LogP contribution in [0.3, 0.4) is 0 Å². The summed E-state index contributed by atoms with van der Waals surface area (Å²) in [6, 6.07) is 7.73. The number of carbonyl (C=O) groups excluding carboxylic acids is 1. The average Bonchev–Trinajstić information content (AvgIpc) is 2.81. The van der Waals surface area contributed by atoms with Crippen molar-refractivity contribution in [3.05, 3.63) is 29.8 Å². The summed E-state index contributed by atoms with van der Waals surface area (Å²) in [7, 11) is -0.941. The van der Waals surface area contributed by atoms with E-state index in [9.17, 15) is 9.00 Å². The summed E-state index contributed by atoms with van der Waals surface area (Å²) in [6.45, 7) is 5.29. The van der Waals surface area contributed by atoms with Crippen molar-refractivity contribution in [1.29, 1.82) is 0 Å². The Balaban J connectivity index is 2.13. The number of ether oxygens (including phenoxy) is 1. The van der Waals surface area contributed by atoms with Crippen LogP contribution in [0.1, 0.15) is 25.6 Å². The molecule has 0 aromatic heterocycles. The Bertz CT molecular complexity index is 518. The summed E-state index contributed by atoms with van der Waals surface area (Å²) in [5, 5.41) is 3.16. The van der Waals surface area contributed by atoms with E-state index in [1.165, 1.54) is 0 Å². The first-order valence-electron chi connectivity index (χ1n) is 7.10. The molecule has 1 aliphatic heterocycles. The van der Waals surface area contributed by atoms with Crippen molar-refractivity contribution >= 4 is 16.7 Å². The van der Waals surface area contributed by atoms with Gasteiger partial charge in [0.25, 0.3) is 0 Å². The third-order valence-electron chi connectivity index (χ3n) is 3.61. The molecule has 3 unspecified atom stereocenters. The first kappa shape index (κ1) is 16.0. The Hall–Kier alpha value is -1.40. The molecule has 1 saturated heterocycles. The molecule has 6 heteroatoms. The number of hydrogen-bond donors (Lipinski definition) is 1. The third-order valence-corrected chi connectivity index (χ3v) is 4.89. The van der Waals surface area contributed by atoms with Crippen molar-refractivity contribution in [2.45, 2.75) is 25.3 Å². The lowest BCUT2D eigenvalue weighted by molar-refractivity contribution is -0.128. The minimum Gasteiger partial charge on any atom is -0.494 e. The molecule has 21 heavy (non-hydrogen) atoms. The van der Waals surface area contributed by atoms with Gasteiger partial charge >= 0.3 is 0 Å². The maximum atomic E-state index is 12.0. The SMILES string of the molecule is CCOc1ccc(C2NCC(=O)N2CC(C)S(C)=O)cc1. The molecule has 0 radical (unpaired) electrons. The predicted octanol–water partition coefficient (Wildman–Crippen LogP) is 1.28. The molecule has 116 valence electrons. The van der Waals surface area contributed by atoms with Gasteiger partial charge in [-0.15, -0.1) is 0 Å². The van der Waals surface area contributed by atoms with Crippen molar-refractivity contribution < 1.29 is 13.7 Å². The minimum absolute atomic E-state index is 0.0425. The molecule has 1 aliphatic rings. The van der Waals surface area contributed by atoms with Crippen LogP contribution in [0.25, 0.3) is 0 Å². The van der Waals surface area contributed by atoms with Crippen molar-refractivity contribution in [2.75, 3.05) is 26.0 Å². The van der Waals surface area contributed by atoms with Crippen LogP contribution >= 0.6 is 0 Å². The van der Waals surface area contributed by atoms with Gasteiger partial charge in [-0.1, -0.05) is 12.1 Å². The second-order valence-corrected chi connectivity index (χ2v) is 6.94. The summed E-state index contributed by atoms with van der Waals surface area (Å²) in [6.07, 6.45) is 1.52. The summed E-state index contributed by atoms with van der Waals surface area (Å²) >= 11 is 0. The zero-order chi connectivity index (χ0) is 15.4. The third kappa shape index (κ3) is 3.83. The molecule has 5 nitrogen and oxygen atoms in total. The Labute approximate surface area is 128 Å². The quantitative estimate of drug-likeness (QED) is 0.860. The highest BCUT2D eigenvalue weighted by Crippen LogP contribution is 2.25. The number of nitrogens with one attached hydrogen (secondary N) is 1. The van der Waals surface area contributed by atoms with Gasteiger partial charge in [0, 0.05) is 28.9 Å². The van der Waals surface area contributed by atoms with E-state index in [-0.39, 0.29) is 17.3 Å². The molecule has 1 heterocycles. The van der Waals surface area contributed by atoms with E-state index in [0.29, 0.717) is 19.7 Å². The maximum absolute atomic E-state index is 12.0.